The lowest BCUT2D eigenvalue weighted by Gasteiger charge is -2.24. The van der Waals surface area contributed by atoms with Gasteiger partial charge in [0.05, 0.1) is 22.1 Å². The average Bonchev–Trinajstić information content (AvgIpc) is 3.44. The van der Waals surface area contributed by atoms with Crippen LogP contribution < -0.4 is 4.90 Å². The van der Waals surface area contributed by atoms with E-state index in [4.69, 9.17) is 9.97 Å². The molecular weight excluding hydrogens is 420 g/mol. The van der Waals surface area contributed by atoms with Crippen LogP contribution in [0.2, 0.25) is 0 Å². The first-order valence-corrected chi connectivity index (χ1v) is 11.9. The molecule has 0 aliphatic carbocycles. The van der Waals surface area contributed by atoms with Crippen molar-refractivity contribution in [3.8, 4) is 5.69 Å². The summed E-state index contributed by atoms with van der Waals surface area (Å²) in [6, 6.07) is 13.9. The number of hydrogen-bond acceptors (Lipinski definition) is 6. The summed E-state index contributed by atoms with van der Waals surface area (Å²) in [4.78, 5) is 27.7. The number of carbonyl (C=O) groups excluding carboxylic acids is 1. The molecular formula is C24H26N6OS. The highest BCUT2D eigenvalue weighted by molar-refractivity contribution is 7.12. The summed E-state index contributed by atoms with van der Waals surface area (Å²) in [5.41, 5.74) is 1.80. The van der Waals surface area contributed by atoms with Gasteiger partial charge in [0.2, 0.25) is 0 Å². The van der Waals surface area contributed by atoms with Gasteiger partial charge in [-0.05, 0) is 30.0 Å². The fourth-order valence-corrected chi connectivity index (χ4v) is 4.75. The quantitative estimate of drug-likeness (QED) is 0.466. The van der Waals surface area contributed by atoms with E-state index in [-0.39, 0.29) is 11.8 Å². The largest absolute Gasteiger partial charge is 0.354 e. The van der Waals surface area contributed by atoms with E-state index in [9.17, 15) is 4.79 Å². The van der Waals surface area contributed by atoms with Gasteiger partial charge in [-0.25, -0.2) is 14.6 Å². The molecule has 0 unspecified atom stereocenters. The van der Waals surface area contributed by atoms with Gasteiger partial charge in [-0.15, -0.1) is 11.3 Å². The number of para-hydroxylation sites is 1. The Morgan fingerprint density at radius 1 is 1.00 bits per heavy atom. The average molecular weight is 447 g/mol. The Morgan fingerprint density at radius 2 is 1.84 bits per heavy atom. The molecule has 1 fully saturated rings. The van der Waals surface area contributed by atoms with Crippen molar-refractivity contribution in [2.24, 2.45) is 0 Å². The Bertz CT molecular complexity index is 1220. The second-order valence-electron chi connectivity index (χ2n) is 8.30. The first-order chi connectivity index (χ1) is 15.6. The summed E-state index contributed by atoms with van der Waals surface area (Å²) in [7, 11) is 0. The zero-order valence-corrected chi connectivity index (χ0v) is 19.1. The zero-order valence-electron chi connectivity index (χ0n) is 18.3. The van der Waals surface area contributed by atoms with Crippen molar-refractivity contribution >= 4 is 34.1 Å². The highest BCUT2D eigenvalue weighted by Gasteiger charge is 2.24. The summed E-state index contributed by atoms with van der Waals surface area (Å²) in [5, 5.41) is 7.54. The number of hydrogen-bond donors (Lipinski definition) is 0. The third-order valence-corrected chi connectivity index (χ3v) is 6.62. The number of anilines is 1. The number of rotatable bonds is 4. The molecule has 32 heavy (non-hydrogen) atoms. The van der Waals surface area contributed by atoms with Gasteiger partial charge in [-0.3, -0.25) is 4.79 Å². The second kappa shape index (κ2) is 8.70. The SMILES string of the molecule is CC(C)c1nc(N2CCCN(C(=O)c3cccs3)CC2)c2cnn(-c3ccccc3)c2n1. The van der Waals surface area contributed by atoms with Crippen molar-refractivity contribution in [2.75, 3.05) is 31.1 Å². The van der Waals surface area contributed by atoms with Gasteiger partial charge in [0.15, 0.2) is 5.65 Å². The lowest BCUT2D eigenvalue weighted by atomic mass is 10.2. The van der Waals surface area contributed by atoms with E-state index in [1.165, 1.54) is 11.3 Å². The molecule has 1 aromatic carbocycles. The van der Waals surface area contributed by atoms with E-state index >= 15 is 0 Å². The number of thiophene rings is 1. The van der Waals surface area contributed by atoms with Gasteiger partial charge >= 0.3 is 0 Å². The van der Waals surface area contributed by atoms with Gasteiger partial charge < -0.3 is 9.80 Å². The highest BCUT2D eigenvalue weighted by atomic mass is 32.1. The second-order valence-corrected chi connectivity index (χ2v) is 9.25. The molecule has 3 aromatic heterocycles. The van der Waals surface area contributed by atoms with Gasteiger partial charge in [-0.2, -0.15) is 5.10 Å². The maximum atomic E-state index is 12.9. The van der Waals surface area contributed by atoms with E-state index < -0.39 is 0 Å². The van der Waals surface area contributed by atoms with Crippen molar-refractivity contribution in [1.82, 2.24) is 24.6 Å². The summed E-state index contributed by atoms with van der Waals surface area (Å²) in [5.74, 6) is 2.03. The van der Waals surface area contributed by atoms with Crippen LogP contribution in [0.4, 0.5) is 5.82 Å². The molecule has 0 radical (unpaired) electrons. The van der Waals surface area contributed by atoms with E-state index in [1.54, 1.807) is 0 Å². The maximum Gasteiger partial charge on any atom is 0.263 e. The molecule has 4 aromatic rings. The van der Waals surface area contributed by atoms with Crippen LogP contribution in [0.1, 0.15) is 41.7 Å². The molecule has 4 heterocycles. The molecule has 7 nitrogen and oxygen atoms in total. The smallest absolute Gasteiger partial charge is 0.263 e. The molecule has 8 heteroatoms. The van der Waals surface area contributed by atoms with Crippen LogP contribution >= 0.6 is 11.3 Å². The van der Waals surface area contributed by atoms with Crippen molar-refractivity contribution in [3.63, 3.8) is 0 Å². The molecule has 1 amide bonds. The minimum absolute atomic E-state index is 0.120. The summed E-state index contributed by atoms with van der Waals surface area (Å²) in [6.45, 7) is 7.22. The Morgan fingerprint density at radius 3 is 2.59 bits per heavy atom. The number of carbonyl (C=O) groups is 1. The van der Waals surface area contributed by atoms with Crippen LogP contribution in [0.15, 0.2) is 54.0 Å². The van der Waals surface area contributed by atoms with E-state index in [1.807, 2.05) is 63.6 Å². The molecule has 1 aliphatic rings. The first-order valence-electron chi connectivity index (χ1n) is 11.0. The number of nitrogens with zero attached hydrogens (tertiary/aromatic N) is 6. The van der Waals surface area contributed by atoms with Crippen LogP contribution in [0, 0.1) is 0 Å². The Balaban J connectivity index is 1.49. The third-order valence-electron chi connectivity index (χ3n) is 5.76. The Labute approximate surface area is 191 Å². The standard InChI is InChI=1S/C24H26N6OS/c1-17(2)21-26-22(19-16-25-30(23(19)27-21)18-8-4-3-5-9-18)28-11-7-12-29(14-13-28)24(31)20-10-6-15-32-20/h3-6,8-10,15-17H,7,11-14H2,1-2H3. The maximum absolute atomic E-state index is 12.9. The lowest BCUT2D eigenvalue weighted by Crippen LogP contribution is -2.35. The highest BCUT2D eigenvalue weighted by Crippen LogP contribution is 2.28. The minimum Gasteiger partial charge on any atom is -0.354 e. The molecule has 0 spiro atoms. The van der Waals surface area contributed by atoms with Crippen molar-refractivity contribution < 1.29 is 4.79 Å². The van der Waals surface area contributed by atoms with Crippen molar-refractivity contribution in [2.45, 2.75) is 26.2 Å². The van der Waals surface area contributed by atoms with Crippen LogP contribution in [0.25, 0.3) is 16.7 Å². The summed E-state index contributed by atoms with van der Waals surface area (Å²) < 4.78 is 1.89. The number of benzene rings is 1. The third kappa shape index (κ3) is 3.86. The van der Waals surface area contributed by atoms with E-state index in [2.05, 4.69) is 23.8 Å². The van der Waals surface area contributed by atoms with Gasteiger partial charge in [-0.1, -0.05) is 38.1 Å². The predicted molar refractivity (Wildman–Crippen MR) is 128 cm³/mol. The molecule has 0 atom stereocenters. The van der Waals surface area contributed by atoms with Crippen LogP contribution in [-0.4, -0.2) is 56.7 Å². The monoisotopic (exact) mass is 446 g/mol. The molecule has 1 aliphatic heterocycles. The molecule has 0 bridgehead atoms. The lowest BCUT2D eigenvalue weighted by molar-refractivity contribution is 0.0772. The molecule has 164 valence electrons. The van der Waals surface area contributed by atoms with Crippen LogP contribution in [0.5, 0.6) is 0 Å². The number of aromatic nitrogens is 4. The Hall–Kier alpha value is -3.26. The predicted octanol–water partition coefficient (Wildman–Crippen LogP) is 4.35. The zero-order chi connectivity index (χ0) is 22.1. The fraction of sp³-hybridized carbons (Fsp3) is 0.333. The Kier molecular flexibility index (Phi) is 5.61. The number of fused-ring (bicyclic) bond motifs is 1. The van der Waals surface area contributed by atoms with E-state index in [0.29, 0.717) is 6.54 Å². The molecule has 5 rings (SSSR count). The van der Waals surface area contributed by atoms with Crippen LogP contribution in [0.3, 0.4) is 0 Å². The van der Waals surface area contributed by atoms with Crippen LogP contribution in [-0.2, 0) is 0 Å². The minimum atomic E-state index is 0.120. The molecule has 0 N–H and O–H groups in total. The molecule has 1 saturated heterocycles. The van der Waals surface area contributed by atoms with Gasteiger partial charge in [0.1, 0.15) is 11.6 Å². The fourth-order valence-electron chi connectivity index (χ4n) is 4.06. The van der Waals surface area contributed by atoms with E-state index in [0.717, 1.165) is 59.3 Å². The number of amides is 1. The van der Waals surface area contributed by atoms with Gasteiger partial charge in [0, 0.05) is 32.1 Å². The summed E-state index contributed by atoms with van der Waals surface area (Å²) in [6.07, 6.45) is 2.76. The van der Waals surface area contributed by atoms with Crippen molar-refractivity contribution in [1.29, 1.82) is 0 Å². The molecule has 0 saturated carbocycles. The van der Waals surface area contributed by atoms with Crippen molar-refractivity contribution in [3.05, 3.63) is 64.7 Å². The normalized spacial score (nSPS) is 14.8. The topological polar surface area (TPSA) is 67.2 Å². The summed E-state index contributed by atoms with van der Waals surface area (Å²) >= 11 is 1.50. The first kappa shape index (κ1) is 20.6. The van der Waals surface area contributed by atoms with Gasteiger partial charge in [0.25, 0.3) is 5.91 Å².